The summed E-state index contributed by atoms with van der Waals surface area (Å²) in [6.45, 7) is 2.68. The number of nitrogens with zero attached hydrogens (tertiary/aromatic N) is 2. The number of hydrogen-bond donors (Lipinski definition) is 1. The maximum Gasteiger partial charge on any atom is 0.165 e. The van der Waals surface area contributed by atoms with E-state index in [1.807, 2.05) is 31.7 Å². The molecule has 0 aliphatic heterocycles. The lowest BCUT2D eigenvalue weighted by Crippen LogP contribution is -2.10. The minimum Gasteiger partial charge on any atom is -0.494 e. The molecule has 0 aliphatic rings. The monoisotopic (exact) mass is 263 g/mol. The third kappa shape index (κ3) is 2.46. The molecule has 5 heteroatoms. The summed E-state index contributed by atoms with van der Waals surface area (Å²) in [4.78, 5) is 4.51. The number of benzene rings is 1. The van der Waals surface area contributed by atoms with E-state index in [0.717, 1.165) is 29.3 Å². The molecule has 0 fully saturated rings. The summed E-state index contributed by atoms with van der Waals surface area (Å²) in [5, 5.41) is 3.11. The van der Waals surface area contributed by atoms with Crippen molar-refractivity contribution in [2.75, 3.05) is 14.2 Å². The van der Waals surface area contributed by atoms with Crippen LogP contribution in [0.2, 0.25) is 0 Å². The van der Waals surface area contributed by atoms with Crippen LogP contribution in [0.3, 0.4) is 0 Å². The summed E-state index contributed by atoms with van der Waals surface area (Å²) in [7, 11) is 5.28. The van der Waals surface area contributed by atoms with Gasteiger partial charge >= 0.3 is 0 Å². The van der Waals surface area contributed by atoms with Crippen molar-refractivity contribution < 1.29 is 9.13 Å². The summed E-state index contributed by atoms with van der Waals surface area (Å²) in [6.07, 6.45) is 0. The van der Waals surface area contributed by atoms with Crippen molar-refractivity contribution in [1.29, 1.82) is 0 Å². The number of halogens is 1. The normalized spacial score (nSPS) is 10.8. The van der Waals surface area contributed by atoms with Crippen molar-refractivity contribution in [2.24, 2.45) is 7.05 Å². The molecule has 0 saturated heterocycles. The van der Waals surface area contributed by atoms with Crippen LogP contribution in [-0.2, 0) is 13.6 Å². The van der Waals surface area contributed by atoms with Crippen LogP contribution in [-0.4, -0.2) is 23.7 Å². The Morgan fingerprint density at radius 3 is 2.74 bits per heavy atom. The number of ether oxygens (including phenoxy) is 1. The van der Waals surface area contributed by atoms with Crippen molar-refractivity contribution >= 4 is 0 Å². The molecule has 19 heavy (non-hydrogen) atoms. The average Bonchev–Trinajstić information content (AvgIpc) is 2.67. The van der Waals surface area contributed by atoms with Gasteiger partial charge in [-0.15, -0.1) is 0 Å². The average molecular weight is 263 g/mol. The number of nitrogens with one attached hydrogen (secondary N) is 1. The zero-order valence-electron chi connectivity index (χ0n) is 11.6. The lowest BCUT2D eigenvalue weighted by molar-refractivity contribution is 0.386. The van der Waals surface area contributed by atoms with Crippen molar-refractivity contribution in [2.45, 2.75) is 13.5 Å². The van der Waals surface area contributed by atoms with E-state index in [0.29, 0.717) is 0 Å². The van der Waals surface area contributed by atoms with Gasteiger partial charge in [0.05, 0.1) is 18.5 Å². The quantitative estimate of drug-likeness (QED) is 0.919. The lowest BCUT2D eigenvalue weighted by Gasteiger charge is -2.07. The molecule has 0 spiro atoms. The highest BCUT2D eigenvalue weighted by Crippen LogP contribution is 2.26. The third-order valence-corrected chi connectivity index (χ3v) is 3.17. The summed E-state index contributed by atoms with van der Waals surface area (Å²) < 4.78 is 20.6. The molecule has 0 aliphatic carbocycles. The van der Waals surface area contributed by atoms with Crippen molar-refractivity contribution in [3.05, 3.63) is 35.4 Å². The van der Waals surface area contributed by atoms with E-state index in [-0.39, 0.29) is 11.6 Å². The highest BCUT2D eigenvalue weighted by atomic mass is 19.1. The maximum absolute atomic E-state index is 13.7. The molecule has 0 saturated carbocycles. The molecule has 1 aromatic heterocycles. The summed E-state index contributed by atoms with van der Waals surface area (Å²) >= 11 is 0. The molecule has 0 radical (unpaired) electrons. The van der Waals surface area contributed by atoms with E-state index in [2.05, 4.69) is 10.3 Å². The molecule has 0 bridgehead atoms. The van der Waals surface area contributed by atoms with Crippen molar-refractivity contribution in [1.82, 2.24) is 14.9 Å². The topological polar surface area (TPSA) is 39.1 Å². The van der Waals surface area contributed by atoms with E-state index in [1.54, 1.807) is 6.07 Å². The third-order valence-electron chi connectivity index (χ3n) is 3.17. The molecule has 2 aromatic rings. The van der Waals surface area contributed by atoms with Crippen LogP contribution in [0, 0.1) is 12.7 Å². The summed E-state index contributed by atoms with van der Waals surface area (Å²) in [5.41, 5.74) is 2.78. The highest BCUT2D eigenvalue weighted by Gasteiger charge is 2.14. The minimum absolute atomic E-state index is 0.241. The Labute approximate surface area is 112 Å². The maximum atomic E-state index is 13.7. The Kier molecular flexibility index (Phi) is 3.85. The fourth-order valence-corrected chi connectivity index (χ4v) is 2.15. The van der Waals surface area contributed by atoms with Gasteiger partial charge < -0.3 is 14.6 Å². The zero-order chi connectivity index (χ0) is 14.0. The standard InChI is InChI=1S/C14H18FN3O/c1-9-12(8-16-2)18(3)14(17-9)10-5-6-13(19-4)11(15)7-10/h5-7,16H,8H2,1-4H3. The smallest absolute Gasteiger partial charge is 0.165 e. The van der Waals surface area contributed by atoms with Gasteiger partial charge in [0.15, 0.2) is 11.6 Å². The molecule has 1 heterocycles. The summed E-state index contributed by atoms with van der Waals surface area (Å²) in [5.74, 6) is 0.616. The SMILES string of the molecule is CNCc1c(C)nc(-c2ccc(OC)c(F)c2)n1C. The number of imidazole rings is 1. The second-order valence-corrected chi connectivity index (χ2v) is 4.41. The Morgan fingerprint density at radius 2 is 2.16 bits per heavy atom. The molecule has 1 aromatic carbocycles. The second-order valence-electron chi connectivity index (χ2n) is 4.41. The fourth-order valence-electron chi connectivity index (χ4n) is 2.15. The Hall–Kier alpha value is -1.88. The van der Waals surface area contributed by atoms with Crippen LogP contribution in [0.1, 0.15) is 11.4 Å². The zero-order valence-corrected chi connectivity index (χ0v) is 11.6. The van der Waals surface area contributed by atoms with Crippen LogP contribution in [0.15, 0.2) is 18.2 Å². The highest BCUT2D eigenvalue weighted by molar-refractivity contribution is 5.58. The van der Waals surface area contributed by atoms with Crippen LogP contribution in [0.5, 0.6) is 5.75 Å². The van der Waals surface area contributed by atoms with Crippen LogP contribution < -0.4 is 10.1 Å². The molecular weight excluding hydrogens is 245 g/mol. The van der Waals surface area contributed by atoms with Gasteiger partial charge in [0.1, 0.15) is 5.82 Å². The Bertz CT molecular complexity index is 593. The van der Waals surface area contributed by atoms with E-state index >= 15 is 0 Å². The first kappa shape index (κ1) is 13.5. The van der Waals surface area contributed by atoms with Gasteiger partial charge in [-0.05, 0) is 32.2 Å². The number of aromatic nitrogens is 2. The number of hydrogen-bond acceptors (Lipinski definition) is 3. The number of rotatable bonds is 4. The lowest BCUT2D eigenvalue weighted by atomic mass is 10.2. The second kappa shape index (κ2) is 5.40. The van der Waals surface area contributed by atoms with Crippen LogP contribution >= 0.6 is 0 Å². The van der Waals surface area contributed by atoms with Gasteiger partial charge in [0, 0.05) is 19.2 Å². The van der Waals surface area contributed by atoms with E-state index in [4.69, 9.17) is 4.74 Å². The van der Waals surface area contributed by atoms with Gasteiger partial charge in [-0.25, -0.2) is 9.37 Å². The first-order valence-corrected chi connectivity index (χ1v) is 6.09. The van der Waals surface area contributed by atoms with Gasteiger partial charge in [-0.2, -0.15) is 0 Å². The molecule has 0 atom stereocenters. The van der Waals surface area contributed by atoms with Crippen LogP contribution in [0.25, 0.3) is 11.4 Å². The first-order chi connectivity index (χ1) is 9.08. The molecule has 2 rings (SSSR count). The largest absolute Gasteiger partial charge is 0.494 e. The van der Waals surface area contributed by atoms with Crippen LogP contribution in [0.4, 0.5) is 4.39 Å². The number of methoxy groups -OCH3 is 1. The van der Waals surface area contributed by atoms with Crippen molar-refractivity contribution in [3.8, 4) is 17.1 Å². The van der Waals surface area contributed by atoms with Gasteiger partial charge in [0.25, 0.3) is 0 Å². The van der Waals surface area contributed by atoms with Gasteiger partial charge in [-0.1, -0.05) is 0 Å². The predicted octanol–water partition coefficient (Wildman–Crippen LogP) is 2.26. The van der Waals surface area contributed by atoms with E-state index in [1.165, 1.54) is 13.2 Å². The Morgan fingerprint density at radius 1 is 1.42 bits per heavy atom. The molecule has 0 unspecified atom stereocenters. The summed E-state index contributed by atoms with van der Waals surface area (Å²) in [6, 6.07) is 4.88. The minimum atomic E-state index is -0.379. The molecular formula is C14H18FN3O. The van der Waals surface area contributed by atoms with Crippen molar-refractivity contribution in [3.63, 3.8) is 0 Å². The van der Waals surface area contributed by atoms with Gasteiger partial charge in [0.2, 0.25) is 0 Å². The van der Waals surface area contributed by atoms with Gasteiger partial charge in [-0.3, -0.25) is 0 Å². The molecule has 0 amide bonds. The fraction of sp³-hybridized carbons (Fsp3) is 0.357. The molecule has 4 nitrogen and oxygen atoms in total. The molecule has 1 N–H and O–H groups in total. The number of aryl methyl sites for hydroxylation is 1. The van der Waals surface area contributed by atoms with E-state index < -0.39 is 0 Å². The van der Waals surface area contributed by atoms with E-state index in [9.17, 15) is 4.39 Å². The Balaban J connectivity index is 2.47. The molecule has 102 valence electrons. The first-order valence-electron chi connectivity index (χ1n) is 6.09. The predicted molar refractivity (Wildman–Crippen MR) is 72.7 cm³/mol.